The average Bonchev–Trinajstić information content (AvgIpc) is 3.42. The minimum Gasteiger partial charge on any atom is -0.496 e. The monoisotopic (exact) mass is 566 g/mol. The Labute approximate surface area is 243 Å². The lowest BCUT2D eigenvalue weighted by Crippen LogP contribution is -2.50. The first-order chi connectivity index (χ1) is 20.4. The van der Waals surface area contributed by atoms with Crippen LogP contribution in [0.3, 0.4) is 0 Å². The molecule has 1 heterocycles. The van der Waals surface area contributed by atoms with Gasteiger partial charge in [-0.15, -0.1) is 0 Å². The molecular formula is C34H30O8. The number of ketones is 1. The van der Waals surface area contributed by atoms with Gasteiger partial charge in [0.05, 0.1) is 32.8 Å². The van der Waals surface area contributed by atoms with E-state index < -0.39 is 34.8 Å². The molecule has 0 spiro atoms. The van der Waals surface area contributed by atoms with Crippen LogP contribution in [0.15, 0.2) is 97.1 Å². The third-order valence-corrected chi connectivity index (χ3v) is 8.22. The number of hydrogen-bond acceptors (Lipinski definition) is 8. The molecule has 42 heavy (non-hydrogen) atoms. The molecule has 1 N–H and O–H groups in total. The zero-order chi connectivity index (χ0) is 29.5. The molecule has 1 aliphatic carbocycles. The van der Waals surface area contributed by atoms with Crippen LogP contribution in [0.2, 0.25) is 0 Å². The Kier molecular flexibility index (Phi) is 6.86. The summed E-state index contributed by atoms with van der Waals surface area (Å²) in [6.07, 6.45) is 0. The van der Waals surface area contributed by atoms with Crippen LogP contribution in [-0.2, 0) is 32.1 Å². The fraction of sp³-hybridized carbons (Fsp3) is 0.235. The van der Waals surface area contributed by atoms with Crippen molar-refractivity contribution in [3.05, 3.63) is 119 Å². The van der Waals surface area contributed by atoms with Crippen molar-refractivity contribution in [2.24, 2.45) is 5.92 Å². The third-order valence-electron chi connectivity index (χ3n) is 8.22. The van der Waals surface area contributed by atoms with E-state index in [9.17, 15) is 14.7 Å². The predicted octanol–water partition coefficient (Wildman–Crippen LogP) is 4.91. The van der Waals surface area contributed by atoms with Crippen molar-refractivity contribution in [2.45, 2.75) is 23.7 Å². The quantitative estimate of drug-likeness (QED) is 0.237. The summed E-state index contributed by atoms with van der Waals surface area (Å²) in [7, 11) is 4.16. The number of ether oxygens (including phenoxy) is 5. The molecule has 8 heteroatoms. The van der Waals surface area contributed by atoms with Crippen LogP contribution < -0.4 is 18.9 Å². The number of carbonyl (C=O) groups is 2. The van der Waals surface area contributed by atoms with Crippen molar-refractivity contribution in [1.82, 2.24) is 0 Å². The Bertz CT molecular complexity index is 1620. The molecule has 0 radical (unpaired) electrons. The van der Waals surface area contributed by atoms with Gasteiger partial charge in [0.15, 0.2) is 11.4 Å². The second-order valence-corrected chi connectivity index (χ2v) is 10.3. The molecule has 4 aromatic carbocycles. The molecule has 2 aliphatic rings. The van der Waals surface area contributed by atoms with E-state index in [1.54, 1.807) is 36.4 Å². The Balaban J connectivity index is 1.55. The van der Waals surface area contributed by atoms with E-state index in [4.69, 9.17) is 23.7 Å². The van der Waals surface area contributed by atoms with E-state index in [1.165, 1.54) is 21.3 Å². The van der Waals surface area contributed by atoms with Crippen LogP contribution in [0.1, 0.15) is 28.2 Å². The standard InChI is InChI=1S/C34H30O8/c1-38-25-18-26(39-2)30-27(19-25)42-34(23-14-16-24(17-15-23)41-20-21-10-6-4-7-11-21)29(22-12-8-5-9-13-22)28(32(36)40-3)31(35)33(30,34)37/h4-19,28-29,37H,20H2,1-3H3/t28?,29?,33-,34-/m0/s1. The molecule has 214 valence electrons. The van der Waals surface area contributed by atoms with Crippen molar-refractivity contribution in [3.63, 3.8) is 0 Å². The maximum absolute atomic E-state index is 14.4. The van der Waals surface area contributed by atoms with Crippen LogP contribution in [-0.4, -0.2) is 38.2 Å². The topological polar surface area (TPSA) is 101 Å². The second-order valence-electron chi connectivity index (χ2n) is 10.3. The zero-order valence-electron chi connectivity index (χ0n) is 23.4. The molecule has 2 unspecified atom stereocenters. The fourth-order valence-electron chi connectivity index (χ4n) is 6.37. The summed E-state index contributed by atoms with van der Waals surface area (Å²) >= 11 is 0. The van der Waals surface area contributed by atoms with Gasteiger partial charge < -0.3 is 28.8 Å². The first-order valence-electron chi connectivity index (χ1n) is 13.5. The van der Waals surface area contributed by atoms with Gasteiger partial charge >= 0.3 is 5.97 Å². The first-order valence-corrected chi connectivity index (χ1v) is 13.5. The molecule has 0 saturated heterocycles. The highest BCUT2D eigenvalue weighted by molar-refractivity contribution is 6.10. The lowest BCUT2D eigenvalue weighted by molar-refractivity contribution is -0.155. The van der Waals surface area contributed by atoms with E-state index >= 15 is 0 Å². The van der Waals surface area contributed by atoms with E-state index in [0.29, 0.717) is 29.2 Å². The van der Waals surface area contributed by atoms with Gasteiger partial charge in [-0.05, 0) is 23.3 Å². The number of fused-ring (bicyclic) bond motifs is 3. The van der Waals surface area contributed by atoms with E-state index in [1.807, 2.05) is 60.7 Å². The Morgan fingerprint density at radius 1 is 0.857 bits per heavy atom. The molecule has 1 aliphatic heterocycles. The van der Waals surface area contributed by atoms with E-state index in [-0.39, 0.29) is 17.1 Å². The predicted molar refractivity (Wildman–Crippen MR) is 153 cm³/mol. The van der Waals surface area contributed by atoms with Crippen molar-refractivity contribution >= 4 is 11.8 Å². The van der Waals surface area contributed by atoms with Crippen LogP contribution in [0.25, 0.3) is 0 Å². The number of Topliss-reactive ketones (excluding diaryl/α,β-unsaturated/α-hetero) is 1. The first kappa shape index (κ1) is 27.4. The zero-order valence-corrected chi connectivity index (χ0v) is 23.4. The molecule has 1 fully saturated rings. The number of rotatable bonds is 8. The molecule has 0 amide bonds. The summed E-state index contributed by atoms with van der Waals surface area (Å²) < 4.78 is 29.0. The summed E-state index contributed by atoms with van der Waals surface area (Å²) in [5.74, 6) is -2.41. The SMILES string of the molecule is COC(=O)C1C(=O)[C@@]2(O)c3c(OC)cc(OC)cc3O[C@@]2(c2ccc(OCc3ccccc3)cc2)C1c1ccccc1. The minimum absolute atomic E-state index is 0.132. The Morgan fingerprint density at radius 2 is 1.52 bits per heavy atom. The Hall–Kier alpha value is -4.82. The number of aliphatic hydroxyl groups is 1. The summed E-state index contributed by atoms with van der Waals surface area (Å²) in [5, 5.41) is 12.8. The summed E-state index contributed by atoms with van der Waals surface area (Å²) in [4.78, 5) is 27.8. The number of esters is 1. The van der Waals surface area contributed by atoms with E-state index in [0.717, 1.165) is 5.56 Å². The smallest absolute Gasteiger partial charge is 0.317 e. The van der Waals surface area contributed by atoms with Gasteiger partial charge in [-0.1, -0.05) is 72.8 Å². The summed E-state index contributed by atoms with van der Waals surface area (Å²) in [5.41, 5.74) is -1.83. The molecule has 8 nitrogen and oxygen atoms in total. The highest BCUT2D eigenvalue weighted by atomic mass is 16.5. The normalized spacial score (nSPS) is 23.9. The second kappa shape index (κ2) is 10.5. The van der Waals surface area contributed by atoms with E-state index in [2.05, 4.69) is 0 Å². The average molecular weight is 567 g/mol. The van der Waals surface area contributed by atoms with Crippen LogP contribution in [0.5, 0.6) is 23.0 Å². The van der Waals surface area contributed by atoms with Gasteiger partial charge in [0.1, 0.15) is 35.5 Å². The van der Waals surface area contributed by atoms with Gasteiger partial charge in [-0.3, -0.25) is 9.59 Å². The molecule has 1 saturated carbocycles. The van der Waals surface area contributed by atoms with Crippen LogP contribution >= 0.6 is 0 Å². The number of carbonyl (C=O) groups excluding carboxylic acids is 2. The lowest BCUT2D eigenvalue weighted by Gasteiger charge is -2.39. The van der Waals surface area contributed by atoms with Gasteiger partial charge in [-0.25, -0.2) is 0 Å². The summed E-state index contributed by atoms with van der Waals surface area (Å²) in [6, 6.07) is 29.1. The van der Waals surface area contributed by atoms with Crippen molar-refractivity contribution in [1.29, 1.82) is 0 Å². The maximum Gasteiger partial charge on any atom is 0.317 e. The third kappa shape index (κ3) is 3.94. The van der Waals surface area contributed by atoms with Crippen molar-refractivity contribution < 1.29 is 38.4 Å². The largest absolute Gasteiger partial charge is 0.496 e. The van der Waals surface area contributed by atoms with Gasteiger partial charge in [0, 0.05) is 17.7 Å². The Morgan fingerprint density at radius 3 is 2.14 bits per heavy atom. The van der Waals surface area contributed by atoms with Gasteiger partial charge in [0.2, 0.25) is 5.60 Å². The van der Waals surface area contributed by atoms with Gasteiger partial charge in [0.25, 0.3) is 0 Å². The van der Waals surface area contributed by atoms with Crippen LogP contribution in [0.4, 0.5) is 0 Å². The number of hydrogen-bond donors (Lipinski definition) is 1. The van der Waals surface area contributed by atoms with Crippen molar-refractivity contribution in [2.75, 3.05) is 21.3 Å². The fourth-order valence-corrected chi connectivity index (χ4v) is 6.37. The van der Waals surface area contributed by atoms with Gasteiger partial charge in [-0.2, -0.15) is 0 Å². The van der Waals surface area contributed by atoms with Crippen molar-refractivity contribution in [3.8, 4) is 23.0 Å². The summed E-state index contributed by atoms with van der Waals surface area (Å²) in [6.45, 7) is 0.365. The maximum atomic E-state index is 14.4. The molecule has 4 aromatic rings. The molecule has 0 bridgehead atoms. The molecule has 0 aromatic heterocycles. The molecule has 6 rings (SSSR count). The number of methoxy groups -OCH3 is 3. The number of benzene rings is 4. The lowest BCUT2D eigenvalue weighted by atomic mass is 9.70. The van der Waals surface area contributed by atoms with Crippen LogP contribution in [0, 0.1) is 5.92 Å². The minimum atomic E-state index is -2.31. The highest BCUT2D eigenvalue weighted by Crippen LogP contribution is 2.69. The highest BCUT2D eigenvalue weighted by Gasteiger charge is 2.78. The molecular weight excluding hydrogens is 536 g/mol. The molecule has 4 atom stereocenters.